The number of rotatable bonds is 2. The van der Waals surface area contributed by atoms with Gasteiger partial charge in [0.05, 0.1) is 11.6 Å². The maximum Gasteiger partial charge on any atom is 0.184 e. The first-order valence-electron chi connectivity index (χ1n) is 6.48. The van der Waals surface area contributed by atoms with E-state index in [0.29, 0.717) is 23.7 Å². The van der Waals surface area contributed by atoms with Crippen molar-refractivity contribution in [1.29, 1.82) is 0 Å². The predicted molar refractivity (Wildman–Crippen MR) is 71.3 cm³/mol. The number of nitrogens with two attached hydrogens (primary N) is 1. The molecule has 0 radical (unpaired) electrons. The molecule has 2 heterocycles. The second-order valence-electron chi connectivity index (χ2n) is 5.27. The summed E-state index contributed by atoms with van der Waals surface area (Å²) < 4.78 is 20.8. The fourth-order valence-corrected chi connectivity index (χ4v) is 2.52. The zero-order valence-corrected chi connectivity index (χ0v) is 11.4. The fourth-order valence-electron chi connectivity index (χ4n) is 2.52. The lowest BCUT2D eigenvalue weighted by molar-refractivity contribution is 0.0706. The van der Waals surface area contributed by atoms with Crippen LogP contribution in [0.1, 0.15) is 20.3 Å². The van der Waals surface area contributed by atoms with Crippen LogP contribution in [-0.2, 0) is 10.3 Å². The van der Waals surface area contributed by atoms with E-state index >= 15 is 0 Å². The Bertz CT molecular complexity index is 643. The molecule has 0 bridgehead atoms. The maximum atomic E-state index is 13.5. The number of ether oxygens (including phenoxy) is 1. The van der Waals surface area contributed by atoms with E-state index in [9.17, 15) is 4.39 Å². The third-order valence-electron chi connectivity index (χ3n) is 4.06. The summed E-state index contributed by atoms with van der Waals surface area (Å²) in [4.78, 5) is 0. The van der Waals surface area contributed by atoms with E-state index in [1.807, 2.05) is 13.8 Å². The second-order valence-corrected chi connectivity index (χ2v) is 5.27. The number of nitrogens with zero attached hydrogens (tertiary/aromatic N) is 4. The van der Waals surface area contributed by atoms with Crippen molar-refractivity contribution in [3.05, 3.63) is 24.0 Å². The molecule has 1 fully saturated rings. The first-order chi connectivity index (χ1) is 9.52. The van der Waals surface area contributed by atoms with Crippen LogP contribution in [0.25, 0.3) is 11.4 Å². The van der Waals surface area contributed by atoms with Crippen LogP contribution in [0.4, 0.5) is 10.1 Å². The van der Waals surface area contributed by atoms with E-state index in [4.69, 9.17) is 10.5 Å². The van der Waals surface area contributed by atoms with Gasteiger partial charge in [0.2, 0.25) is 0 Å². The van der Waals surface area contributed by atoms with Gasteiger partial charge in [-0.05, 0) is 48.9 Å². The SMILES string of the molecule is CC1OCCC1(C)n1nnnc1-c1cc(F)ccc1N. The molecule has 0 amide bonds. The van der Waals surface area contributed by atoms with Gasteiger partial charge in [0, 0.05) is 17.9 Å². The van der Waals surface area contributed by atoms with Crippen LogP contribution in [0.5, 0.6) is 0 Å². The van der Waals surface area contributed by atoms with Gasteiger partial charge in [0.1, 0.15) is 5.82 Å². The molecule has 1 aromatic heterocycles. The highest BCUT2D eigenvalue weighted by Crippen LogP contribution is 2.36. The monoisotopic (exact) mass is 277 g/mol. The van der Waals surface area contributed by atoms with Crippen LogP contribution in [0.2, 0.25) is 0 Å². The summed E-state index contributed by atoms with van der Waals surface area (Å²) in [7, 11) is 0. The van der Waals surface area contributed by atoms with Crippen molar-refractivity contribution in [2.24, 2.45) is 0 Å². The molecule has 6 nitrogen and oxygen atoms in total. The summed E-state index contributed by atoms with van der Waals surface area (Å²) in [6.07, 6.45) is 0.765. The minimum atomic E-state index is -0.371. The molecule has 0 saturated carbocycles. The third-order valence-corrected chi connectivity index (χ3v) is 4.06. The molecule has 1 aliphatic rings. The number of hydrogen-bond acceptors (Lipinski definition) is 5. The highest BCUT2D eigenvalue weighted by molar-refractivity contribution is 5.71. The molecular weight excluding hydrogens is 261 g/mol. The topological polar surface area (TPSA) is 78.8 Å². The Morgan fingerprint density at radius 3 is 3.00 bits per heavy atom. The molecule has 2 atom stereocenters. The van der Waals surface area contributed by atoms with Gasteiger partial charge in [0.15, 0.2) is 5.82 Å². The first kappa shape index (κ1) is 13.0. The molecule has 0 aliphatic carbocycles. The molecule has 1 aliphatic heterocycles. The summed E-state index contributed by atoms with van der Waals surface area (Å²) in [5.41, 5.74) is 6.49. The van der Waals surface area contributed by atoms with E-state index in [-0.39, 0.29) is 17.5 Å². The van der Waals surface area contributed by atoms with E-state index in [1.54, 1.807) is 4.68 Å². The van der Waals surface area contributed by atoms with Crippen LogP contribution in [0.15, 0.2) is 18.2 Å². The van der Waals surface area contributed by atoms with Gasteiger partial charge in [-0.25, -0.2) is 9.07 Å². The Balaban J connectivity index is 2.13. The van der Waals surface area contributed by atoms with Gasteiger partial charge < -0.3 is 10.5 Å². The second kappa shape index (κ2) is 4.52. The van der Waals surface area contributed by atoms with Crippen LogP contribution in [0, 0.1) is 5.82 Å². The number of tetrazole rings is 1. The molecule has 0 spiro atoms. The molecule has 2 N–H and O–H groups in total. The molecule has 2 unspecified atom stereocenters. The number of aromatic nitrogens is 4. The van der Waals surface area contributed by atoms with Gasteiger partial charge in [-0.15, -0.1) is 5.10 Å². The summed E-state index contributed by atoms with van der Waals surface area (Å²) in [6, 6.07) is 4.18. The lowest BCUT2D eigenvalue weighted by Crippen LogP contribution is -2.38. The third kappa shape index (κ3) is 1.85. The van der Waals surface area contributed by atoms with Gasteiger partial charge in [-0.2, -0.15) is 0 Å². The minimum absolute atomic E-state index is 0.0282. The van der Waals surface area contributed by atoms with Crippen molar-refractivity contribution >= 4 is 5.69 Å². The minimum Gasteiger partial charge on any atom is -0.398 e. The number of hydrogen-bond donors (Lipinski definition) is 1. The lowest BCUT2D eigenvalue weighted by Gasteiger charge is -2.28. The van der Waals surface area contributed by atoms with E-state index < -0.39 is 0 Å². The smallest absolute Gasteiger partial charge is 0.184 e. The van der Waals surface area contributed by atoms with Crippen molar-refractivity contribution in [3.63, 3.8) is 0 Å². The molecule has 2 aromatic rings. The van der Waals surface area contributed by atoms with Gasteiger partial charge >= 0.3 is 0 Å². The largest absolute Gasteiger partial charge is 0.398 e. The summed E-state index contributed by atoms with van der Waals surface area (Å²) in [6.45, 7) is 4.66. The summed E-state index contributed by atoms with van der Waals surface area (Å²) in [5.74, 6) is 0.0893. The Morgan fingerprint density at radius 2 is 2.30 bits per heavy atom. The molecule has 20 heavy (non-hydrogen) atoms. The lowest BCUT2D eigenvalue weighted by atomic mass is 9.94. The Hall–Kier alpha value is -2.02. The van der Waals surface area contributed by atoms with Crippen LogP contribution in [0.3, 0.4) is 0 Å². The average molecular weight is 277 g/mol. The first-order valence-corrected chi connectivity index (χ1v) is 6.48. The molecule has 1 aromatic carbocycles. The number of anilines is 1. The Kier molecular flexibility index (Phi) is 2.93. The highest BCUT2D eigenvalue weighted by atomic mass is 19.1. The number of nitrogen functional groups attached to an aromatic ring is 1. The molecule has 3 rings (SSSR count). The Morgan fingerprint density at radius 1 is 1.50 bits per heavy atom. The molecule has 1 saturated heterocycles. The quantitative estimate of drug-likeness (QED) is 0.843. The van der Waals surface area contributed by atoms with E-state index in [0.717, 1.165) is 6.42 Å². The van der Waals surface area contributed by atoms with E-state index in [1.165, 1.54) is 18.2 Å². The van der Waals surface area contributed by atoms with Crippen molar-refractivity contribution in [1.82, 2.24) is 20.2 Å². The Labute approximate surface area is 115 Å². The van der Waals surface area contributed by atoms with Crippen molar-refractivity contribution in [2.45, 2.75) is 31.9 Å². The predicted octanol–water partition coefficient (Wildman–Crippen LogP) is 1.59. The summed E-state index contributed by atoms with van der Waals surface area (Å²) in [5, 5.41) is 11.8. The summed E-state index contributed by atoms with van der Waals surface area (Å²) >= 11 is 0. The zero-order chi connectivity index (χ0) is 14.3. The van der Waals surface area contributed by atoms with Gasteiger partial charge in [-0.3, -0.25) is 0 Å². The normalized spacial score (nSPS) is 26.1. The van der Waals surface area contributed by atoms with Crippen molar-refractivity contribution in [2.75, 3.05) is 12.3 Å². The fraction of sp³-hybridized carbons (Fsp3) is 0.462. The van der Waals surface area contributed by atoms with Crippen molar-refractivity contribution < 1.29 is 9.13 Å². The number of benzene rings is 1. The average Bonchev–Trinajstić information content (AvgIpc) is 3.01. The van der Waals surface area contributed by atoms with Crippen LogP contribution >= 0.6 is 0 Å². The molecular formula is C13H16FN5O. The van der Waals surface area contributed by atoms with Crippen molar-refractivity contribution in [3.8, 4) is 11.4 Å². The molecule has 106 valence electrons. The van der Waals surface area contributed by atoms with E-state index in [2.05, 4.69) is 15.5 Å². The zero-order valence-electron chi connectivity index (χ0n) is 11.4. The highest BCUT2D eigenvalue weighted by Gasteiger charge is 2.42. The van der Waals surface area contributed by atoms with Crippen LogP contribution in [-0.4, -0.2) is 32.9 Å². The maximum absolute atomic E-state index is 13.5. The standard InChI is InChI=1S/C13H16FN5O/c1-8-13(2,5-6-20-8)19-12(16-17-18-19)10-7-9(14)3-4-11(10)15/h3-4,7-8H,5-6,15H2,1-2H3. The van der Waals surface area contributed by atoms with Gasteiger partial charge in [0.25, 0.3) is 0 Å². The number of halogens is 1. The van der Waals surface area contributed by atoms with Gasteiger partial charge in [-0.1, -0.05) is 0 Å². The van der Waals surface area contributed by atoms with Crippen LogP contribution < -0.4 is 5.73 Å². The molecule has 7 heteroatoms.